The van der Waals surface area contributed by atoms with Gasteiger partial charge in [-0.2, -0.15) is 0 Å². The average Bonchev–Trinajstić information content (AvgIpc) is 3.20. The van der Waals surface area contributed by atoms with Crippen LogP contribution in [0, 0.1) is 0 Å². The summed E-state index contributed by atoms with van der Waals surface area (Å²) < 4.78 is 6.22. The molecule has 0 aliphatic carbocycles. The van der Waals surface area contributed by atoms with E-state index in [0.29, 0.717) is 59.2 Å². The van der Waals surface area contributed by atoms with Crippen molar-refractivity contribution >= 4 is 34.5 Å². The molecule has 10 nitrogen and oxygen atoms in total. The smallest absolute Gasteiger partial charge is 0.341 e. The van der Waals surface area contributed by atoms with Gasteiger partial charge in [0.05, 0.1) is 16.8 Å². The molecule has 0 spiro atoms. The molecule has 2 atom stereocenters. The number of primary amides is 1. The molecule has 0 bridgehead atoms. The number of rotatable bonds is 4. The van der Waals surface area contributed by atoms with Gasteiger partial charge in [0.15, 0.2) is 6.17 Å². The Balaban J connectivity index is 1.43. The lowest BCUT2D eigenvalue weighted by atomic mass is 10.0. The van der Waals surface area contributed by atoms with Crippen LogP contribution in [0.15, 0.2) is 85.2 Å². The number of benzene rings is 2. The SMILES string of the molecule is NC(=O)N1C(c2ccncc2)=CC(=O)N2CCCCC(OC(=O)c3c(-c4ccccc4)nnc4ccccc34)C21. The Labute approximate surface area is 230 Å². The fraction of sp³-hybridized carbons (Fsp3) is 0.200. The van der Waals surface area contributed by atoms with E-state index in [2.05, 4.69) is 15.2 Å². The molecule has 0 radical (unpaired) electrons. The first kappa shape index (κ1) is 25.2. The maximum Gasteiger partial charge on any atom is 0.341 e. The number of nitrogens with two attached hydrogens (primary N) is 1. The van der Waals surface area contributed by atoms with Gasteiger partial charge in [-0.25, -0.2) is 9.59 Å². The van der Waals surface area contributed by atoms with Crippen molar-refractivity contribution in [2.45, 2.75) is 31.5 Å². The molecule has 1 fully saturated rings. The van der Waals surface area contributed by atoms with Crippen LogP contribution in [0.2, 0.25) is 0 Å². The molecule has 0 saturated carbocycles. The summed E-state index contributed by atoms with van der Waals surface area (Å²) in [4.78, 5) is 47.3. The standard InChI is InChI=1S/C30H26N6O4/c31-30(39)36-23(19-13-15-32-16-14-19)18-25(37)35-17-7-6-12-24(28(35)36)40-29(38)26-21-10-4-5-11-22(21)33-34-27(26)20-8-2-1-3-9-20/h1-5,8-11,13-16,18,24,28H,6-7,12,17H2,(H2,31,39). The van der Waals surface area contributed by atoms with E-state index < -0.39 is 24.3 Å². The summed E-state index contributed by atoms with van der Waals surface area (Å²) in [6, 6.07) is 19.2. The van der Waals surface area contributed by atoms with E-state index >= 15 is 0 Å². The van der Waals surface area contributed by atoms with Gasteiger partial charge in [-0.3, -0.25) is 14.7 Å². The average molecular weight is 535 g/mol. The summed E-state index contributed by atoms with van der Waals surface area (Å²) in [5, 5.41) is 9.30. The highest BCUT2D eigenvalue weighted by Crippen LogP contribution is 2.35. The Kier molecular flexibility index (Phi) is 6.65. The number of esters is 1. The molecule has 4 aromatic rings. The number of carbonyl (C=O) groups excluding carboxylic acids is 3. The highest BCUT2D eigenvalue weighted by molar-refractivity contribution is 6.08. The molecule has 4 heterocycles. The number of hydrogen-bond acceptors (Lipinski definition) is 7. The lowest BCUT2D eigenvalue weighted by molar-refractivity contribution is -0.135. The Bertz CT molecular complexity index is 1630. The quantitative estimate of drug-likeness (QED) is 0.392. The van der Waals surface area contributed by atoms with Gasteiger partial charge in [-0.05, 0) is 37.5 Å². The van der Waals surface area contributed by atoms with Crippen LogP contribution in [0.5, 0.6) is 0 Å². The number of urea groups is 1. The predicted octanol–water partition coefficient (Wildman–Crippen LogP) is 3.99. The summed E-state index contributed by atoms with van der Waals surface area (Å²) >= 11 is 0. The van der Waals surface area contributed by atoms with Crippen molar-refractivity contribution < 1.29 is 19.1 Å². The third-order valence-corrected chi connectivity index (χ3v) is 7.25. The summed E-state index contributed by atoms with van der Waals surface area (Å²) in [7, 11) is 0. The van der Waals surface area contributed by atoms with Gasteiger partial charge in [-0.15, -0.1) is 10.2 Å². The molecule has 2 aliphatic heterocycles. The van der Waals surface area contributed by atoms with Crippen molar-refractivity contribution in [1.29, 1.82) is 0 Å². The van der Waals surface area contributed by atoms with Gasteiger partial charge < -0.3 is 15.4 Å². The van der Waals surface area contributed by atoms with Crippen molar-refractivity contribution in [3.63, 3.8) is 0 Å². The molecule has 10 heteroatoms. The molecule has 1 saturated heterocycles. The third-order valence-electron chi connectivity index (χ3n) is 7.25. The molecule has 40 heavy (non-hydrogen) atoms. The molecular weight excluding hydrogens is 508 g/mol. The second-order valence-corrected chi connectivity index (χ2v) is 9.67. The Morgan fingerprint density at radius 2 is 1.65 bits per heavy atom. The van der Waals surface area contributed by atoms with E-state index in [-0.39, 0.29) is 11.5 Å². The van der Waals surface area contributed by atoms with E-state index in [1.165, 1.54) is 11.0 Å². The molecule has 2 N–H and O–H groups in total. The minimum atomic E-state index is -0.911. The zero-order valence-corrected chi connectivity index (χ0v) is 21.5. The fourth-order valence-corrected chi connectivity index (χ4v) is 5.44. The highest BCUT2D eigenvalue weighted by Gasteiger charge is 2.45. The zero-order chi connectivity index (χ0) is 27.6. The van der Waals surface area contributed by atoms with Crippen molar-refractivity contribution in [2.24, 2.45) is 5.73 Å². The first-order valence-corrected chi connectivity index (χ1v) is 13.1. The Hall–Kier alpha value is -5.12. The number of hydrogen-bond donors (Lipinski definition) is 1. The number of aromatic nitrogens is 3. The molecule has 2 aliphatic rings. The molecule has 6 rings (SSSR count). The lowest BCUT2D eigenvalue weighted by Gasteiger charge is -2.44. The highest BCUT2D eigenvalue weighted by atomic mass is 16.5. The monoisotopic (exact) mass is 534 g/mol. The minimum Gasteiger partial charge on any atom is -0.454 e. The number of ether oxygens (including phenoxy) is 1. The van der Waals surface area contributed by atoms with Gasteiger partial charge in [0.2, 0.25) is 5.91 Å². The largest absolute Gasteiger partial charge is 0.454 e. The van der Waals surface area contributed by atoms with Crippen molar-refractivity contribution in [1.82, 2.24) is 25.0 Å². The third kappa shape index (κ3) is 4.53. The number of amides is 3. The first-order chi connectivity index (χ1) is 19.5. The van der Waals surface area contributed by atoms with Gasteiger partial charge in [-0.1, -0.05) is 48.5 Å². The summed E-state index contributed by atoms with van der Waals surface area (Å²) in [5.41, 5.74) is 8.77. The Morgan fingerprint density at radius 1 is 0.900 bits per heavy atom. The Morgan fingerprint density at radius 3 is 2.42 bits per heavy atom. The van der Waals surface area contributed by atoms with Crippen molar-refractivity contribution in [2.75, 3.05) is 6.54 Å². The van der Waals surface area contributed by atoms with Crippen LogP contribution >= 0.6 is 0 Å². The predicted molar refractivity (Wildman–Crippen MR) is 147 cm³/mol. The summed E-state index contributed by atoms with van der Waals surface area (Å²) in [6.07, 6.45) is 4.61. The van der Waals surface area contributed by atoms with Gasteiger partial charge in [0.1, 0.15) is 11.8 Å². The molecule has 2 aromatic carbocycles. The van der Waals surface area contributed by atoms with Crippen LogP contribution in [0.3, 0.4) is 0 Å². The zero-order valence-electron chi connectivity index (χ0n) is 21.5. The fourth-order valence-electron chi connectivity index (χ4n) is 5.44. The second kappa shape index (κ2) is 10.6. The molecule has 2 aromatic heterocycles. The van der Waals surface area contributed by atoms with Crippen LogP contribution in [0.1, 0.15) is 35.2 Å². The number of pyridine rings is 1. The first-order valence-electron chi connectivity index (χ1n) is 13.1. The second-order valence-electron chi connectivity index (χ2n) is 9.67. The number of fused-ring (bicyclic) bond motifs is 2. The minimum absolute atomic E-state index is 0.269. The van der Waals surface area contributed by atoms with Gasteiger partial charge >= 0.3 is 12.0 Å². The van der Waals surface area contributed by atoms with E-state index in [1.54, 1.807) is 41.6 Å². The lowest BCUT2D eigenvalue weighted by Crippen LogP contribution is -2.61. The maximum atomic E-state index is 14.1. The van der Waals surface area contributed by atoms with Crippen LogP contribution in [0.25, 0.3) is 27.9 Å². The molecule has 2 unspecified atom stereocenters. The van der Waals surface area contributed by atoms with E-state index in [1.807, 2.05) is 42.5 Å². The number of carbonyl (C=O) groups is 3. The normalized spacial score (nSPS) is 19.0. The molecule has 3 amide bonds. The van der Waals surface area contributed by atoms with E-state index in [9.17, 15) is 14.4 Å². The number of nitrogens with zero attached hydrogens (tertiary/aromatic N) is 5. The van der Waals surface area contributed by atoms with Crippen molar-refractivity contribution in [3.05, 3.63) is 96.3 Å². The van der Waals surface area contributed by atoms with Crippen LogP contribution in [-0.4, -0.2) is 61.7 Å². The molecular formula is C30H26N6O4. The van der Waals surface area contributed by atoms with Gasteiger partial charge in [0.25, 0.3) is 0 Å². The maximum absolute atomic E-state index is 14.1. The van der Waals surface area contributed by atoms with Gasteiger partial charge in [0, 0.05) is 41.5 Å². The summed E-state index contributed by atoms with van der Waals surface area (Å²) in [5.74, 6) is -0.896. The van der Waals surface area contributed by atoms with E-state index in [4.69, 9.17) is 10.5 Å². The van der Waals surface area contributed by atoms with E-state index in [0.717, 1.165) is 0 Å². The molecule has 200 valence electrons. The summed E-state index contributed by atoms with van der Waals surface area (Å²) in [6.45, 7) is 0.399. The van der Waals surface area contributed by atoms with Crippen molar-refractivity contribution in [3.8, 4) is 11.3 Å². The van der Waals surface area contributed by atoms with Crippen LogP contribution < -0.4 is 5.73 Å². The van der Waals surface area contributed by atoms with Crippen LogP contribution in [-0.2, 0) is 9.53 Å². The van der Waals surface area contributed by atoms with Crippen LogP contribution in [0.4, 0.5) is 4.79 Å². The topological polar surface area (TPSA) is 132 Å².